The molecule has 3 aromatic rings. The van der Waals surface area contributed by atoms with Crippen LogP contribution >= 0.6 is 0 Å². The number of carbonyl (C=O) groups excluding carboxylic acids is 2. The zero-order valence-electron chi connectivity index (χ0n) is 28.8. The van der Waals surface area contributed by atoms with Crippen LogP contribution in [-0.2, 0) is 18.9 Å². The van der Waals surface area contributed by atoms with Crippen molar-refractivity contribution in [1.29, 1.82) is 0 Å². The number of hydrogen-bond donors (Lipinski definition) is 0. The summed E-state index contributed by atoms with van der Waals surface area (Å²) >= 11 is 0. The normalized spacial score (nSPS) is 15.8. The molecule has 0 spiro atoms. The van der Waals surface area contributed by atoms with E-state index >= 15 is 0 Å². The Bertz CT molecular complexity index is 1500. The summed E-state index contributed by atoms with van der Waals surface area (Å²) in [4.78, 5) is 26.1. The van der Waals surface area contributed by atoms with Gasteiger partial charge >= 0.3 is 11.9 Å². The van der Waals surface area contributed by atoms with Crippen molar-refractivity contribution in [3.63, 3.8) is 0 Å². The Morgan fingerprint density at radius 2 is 1.12 bits per heavy atom. The van der Waals surface area contributed by atoms with Crippen molar-refractivity contribution in [1.82, 2.24) is 0 Å². The van der Waals surface area contributed by atoms with Crippen LogP contribution in [0.1, 0.15) is 65.8 Å². The van der Waals surface area contributed by atoms with Gasteiger partial charge in [0.15, 0.2) is 11.5 Å². The van der Waals surface area contributed by atoms with Gasteiger partial charge in [0.2, 0.25) is 0 Å². The van der Waals surface area contributed by atoms with E-state index in [1.54, 1.807) is 67.6 Å². The van der Waals surface area contributed by atoms with E-state index in [1.807, 2.05) is 6.07 Å². The van der Waals surface area contributed by atoms with E-state index < -0.39 is 11.9 Å². The topological polar surface area (TPSA) is 108 Å². The summed E-state index contributed by atoms with van der Waals surface area (Å²) in [5, 5.41) is 0. The molecular weight excluding hydrogens is 628 g/mol. The van der Waals surface area contributed by atoms with Gasteiger partial charge in [-0.3, -0.25) is 0 Å². The van der Waals surface area contributed by atoms with E-state index in [4.69, 9.17) is 37.9 Å². The molecule has 0 aromatic heterocycles. The molecule has 2 aliphatic rings. The summed E-state index contributed by atoms with van der Waals surface area (Å²) in [5.74, 6) is 0.425. The molecule has 10 heteroatoms. The molecule has 0 atom stereocenters. The van der Waals surface area contributed by atoms with Crippen molar-refractivity contribution in [2.45, 2.75) is 46.5 Å². The Kier molecular flexibility index (Phi) is 13.1. The summed E-state index contributed by atoms with van der Waals surface area (Å²) in [7, 11) is 0. The number of unbranched alkanes of at least 4 members (excludes halogenated alkanes) is 2. The minimum absolute atomic E-state index is 0.120. The van der Waals surface area contributed by atoms with Crippen molar-refractivity contribution in [3.8, 4) is 23.0 Å². The first-order chi connectivity index (χ1) is 23.7. The summed E-state index contributed by atoms with van der Waals surface area (Å²) in [5.41, 5.74) is 1.50. The molecule has 264 valence electrons. The molecule has 0 N–H and O–H groups in total. The zero-order chi connectivity index (χ0) is 34.5. The quantitative estimate of drug-likeness (QED) is 0.0716. The summed E-state index contributed by atoms with van der Waals surface area (Å²) < 4.78 is 45.6. The highest BCUT2D eigenvalue weighted by atomic mass is 16.6. The highest BCUT2D eigenvalue weighted by Gasteiger charge is 2.34. The van der Waals surface area contributed by atoms with Crippen LogP contribution in [0.2, 0.25) is 0 Å². The Morgan fingerprint density at radius 3 is 1.69 bits per heavy atom. The van der Waals surface area contributed by atoms with Crippen LogP contribution < -0.4 is 18.9 Å². The fourth-order valence-electron chi connectivity index (χ4n) is 5.26. The second-order valence-corrected chi connectivity index (χ2v) is 13.5. The monoisotopic (exact) mass is 676 g/mol. The highest BCUT2D eigenvalue weighted by molar-refractivity contribution is 5.93. The van der Waals surface area contributed by atoms with Crippen LogP contribution in [-0.4, -0.2) is 78.0 Å². The standard InChI is InChI=1S/C39H48O10/c1-29-33(48-36(40)31-13-15-32(16-14-31)46-21-9-7-19-42-23-38(2)25-44-26-38)17-18-34(35(29)49-37(41)30-11-5-4-6-12-30)47-22-10-8-20-43-24-39(3)27-45-28-39/h4-6,11-18H,7-10,19-28H2,1-3H3. The Balaban J connectivity index is 1.12. The molecule has 3 aromatic carbocycles. The minimum Gasteiger partial charge on any atom is -0.494 e. The van der Waals surface area contributed by atoms with Crippen molar-refractivity contribution < 1.29 is 47.5 Å². The molecule has 0 amide bonds. The van der Waals surface area contributed by atoms with Crippen molar-refractivity contribution in [2.75, 3.05) is 66.1 Å². The third kappa shape index (κ3) is 10.8. The maximum atomic E-state index is 13.1. The lowest BCUT2D eigenvalue weighted by Crippen LogP contribution is -2.43. The number of carbonyl (C=O) groups is 2. The van der Waals surface area contributed by atoms with Gasteiger partial charge in [0.05, 0.1) is 64.0 Å². The van der Waals surface area contributed by atoms with Crippen LogP contribution in [0.4, 0.5) is 0 Å². The van der Waals surface area contributed by atoms with Crippen LogP contribution in [0.25, 0.3) is 0 Å². The Morgan fingerprint density at radius 1 is 0.612 bits per heavy atom. The van der Waals surface area contributed by atoms with Crippen LogP contribution in [0.15, 0.2) is 66.7 Å². The average molecular weight is 677 g/mol. The predicted molar refractivity (Wildman–Crippen MR) is 183 cm³/mol. The zero-order valence-corrected chi connectivity index (χ0v) is 28.8. The SMILES string of the molecule is Cc1c(OC(=O)c2ccc(OCCCCOCC3(C)COC3)cc2)ccc(OCCCCOCC2(C)COC2)c1OC(=O)c1ccccc1. The molecule has 2 saturated heterocycles. The largest absolute Gasteiger partial charge is 0.494 e. The fraction of sp³-hybridized carbons (Fsp3) is 0.487. The lowest BCUT2D eigenvalue weighted by Gasteiger charge is -2.37. The second-order valence-electron chi connectivity index (χ2n) is 13.5. The molecule has 0 unspecified atom stereocenters. The molecule has 0 radical (unpaired) electrons. The van der Waals surface area contributed by atoms with Gasteiger partial charge in [0, 0.05) is 29.6 Å². The van der Waals surface area contributed by atoms with Gasteiger partial charge in [0.25, 0.3) is 0 Å². The maximum Gasteiger partial charge on any atom is 0.343 e. The van der Waals surface area contributed by atoms with Gasteiger partial charge < -0.3 is 37.9 Å². The fourth-order valence-corrected chi connectivity index (χ4v) is 5.26. The van der Waals surface area contributed by atoms with Crippen molar-refractivity contribution in [3.05, 3.63) is 83.4 Å². The first kappa shape index (κ1) is 36.3. The van der Waals surface area contributed by atoms with Gasteiger partial charge in [-0.2, -0.15) is 0 Å². The molecule has 49 heavy (non-hydrogen) atoms. The van der Waals surface area contributed by atoms with Crippen LogP contribution in [0.3, 0.4) is 0 Å². The summed E-state index contributed by atoms with van der Waals surface area (Å²) in [6, 6.07) is 18.8. The smallest absolute Gasteiger partial charge is 0.343 e. The van der Waals surface area contributed by atoms with E-state index in [2.05, 4.69) is 13.8 Å². The van der Waals surface area contributed by atoms with E-state index in [-0.39, 0.29) is 22.3 Å². The molecule has 0 aliphatic carbocycles. The average Bonchev–Trinajstić information content (AvgIpc) is 3.08. The number of benzene rings is 3. The number of ether oxygens (including phenoxy) is 8. The molecule has 0 saturated carbocycles. The summed E-state index contributed by atoms with van der Waals surface area (Å²) in [6.07, 6.45) is 3.33. The second kappa shape index (κ2) is 17.6. The van der Waals surface area contributed by atoms with E-state index in [9.17, 15) is 9.59 Å². The lowest BCUT2D eigenvalue weighted by molar-refractivity contribution is -0.138. The third-order valence-electron chi connectivity index (χ3n) is 8.41. The molecule has 2 heterocycles. The predicted octanol–water partition coefficient (Wildman–Crippen LogP) is 6.86. The highest BCUT2D eigenvalue weighted by Crippen LogP contribution is 2.38. The summed E-state index contributed by atoms with van der Waals surface area (Å²) in [6.45, 7) is 12.7. The molecule has 2 aliphatic heterocycles. The molecule has 10 nitrogen and oxygen atoms in total. The molecule has 2 fully saturated rings. The van der Waals surface area contributed by atoms with Gasteiger partial charge in [-0.1, -0.05) is 32.0 Å². The minimum atomic E-state index is -0.548. The van der Waals surface area contributed by atoms with Crippen LogP contribution in [0.5, 0.6) is 23.0 Å². The number of hydrogen-bond acceptors (Lipinski definition) is 10. The van der Waals surface area contributed by atoms with Gasteiger partial charge in [-0.25, -0.2) is 9.59 Å². The Hall–Kier alpha value is -3.96. The first-order valence-corrected chi connectivity index (χ1v) is 17.0. The van der Waals surface area contributed by atoms with Crippen LogP contribution in [0, 0.1) is 17.8 Å². The first-order valence-electron chi connectivity index (χ1n) is 17.0. The van der Waals surface area contributed by atoms with Gasteiger partial charge in [0.1, 0.15) is 11.5 Å². The van der Waals surface area contributed by atoms with Gasteiger partial charge in [-0.15, -0.1) is 0 Å². The lowest BCUT2D eigenvalue weighted by atomic mass is 9.90. The van der Waals surface area contributed by atoms with Gasteiger partial charge in [-0.05, 0) is 81.1 Å². The molecule has 5 rings (SSSR count). The number of rotatable bonds is 20. The molecule has 0 bridgehead atoms. The number of esters is 2. The van der Waals surface area contributed by atoms with Crippen molar-refractivity contribution >= 4 is 11.9 Å². The van der Waals surface area contributed by atoms with E-state index in [1.165, 1.54) is 0 Å². The maximum absolute atomic E-state index is 13.1. The van der Waals surface area contributed by atoms with E-state index in [0.717, 1.165) is 58.7 Å². The molecular formula is C39H48O10. The van der Waals surface area contributed by atoms with Crippen molar-refractivity contribution in [2.24, 2.45) is 10.8 Å². The van der Waals surface area contributed by atoms with E-state index in [0.29, 0.717) is 61.2 Å². The third-order valence-corrected chi connectivity index (χ3v) is 8.41. The Labute approximate surface area is 288 Å².